The van der Waals surface area contributed by atoms with Crippen LogP contribution in [0.25, 0.3) is 0 Å². The highest BCUT2D eigenvalue weighted by atomic mass is 32.1. The molecule has 17 heavy (non-hydrogen) atoms. The highest BCUT2D eigenvalue weighted by molar-refractivity contribution is 7.12. The molecule has 0 radical (unpaired) electrons. The average Bonchev–Trinajstić information content (AvgIpc) is 2.77. The summed E-state index contributed by atoms with van der Waals surface area (Å²) < 4.78 is 4.39. The van der Waals surface area contributed by atoms with Crippen LogP contribution in [-0.4, -0.2) is 35.2 Å². The Kier molecular flexibility index (Phi) is 4.80. The van der Waals surface area contributed by atoms with Gasteiger partial charge in [-0.25, -0.2) is 0 Å². The molecule has 0 spiro atoms. The lowest BCUT2D eigenvalue weighted by Crippen LogP contribution is -2.22. The molecule has 1 aromatic heterocycles. The number of ether oxygens (including phenoxy) is 1. The summed E-state index contributed by atoms with van der Waals surface area (Å²) in [5.74, 6) is -0.700. The Morgan fingerprint density at radius 3 is 2.59 bits per heavy atom. The molecule has 0 aliphatic rings. The molecule has 5 nitrogen and oxygen atoms in total. The predicted octanol–water partition coefficient (Wildman–Crippen LogP) is 0.908. The van der Waals surface area contributed by atoms with E-state index in [1.165, 1.54) is 31.4 Å². The van der Waals surface area contributed by atoms with Crippen molar-refractivity contribution in [2.24, 2.45) is 0 Å². The number of aliphatic hydroxyl groups excluding tert-OH is 2. The van der Waals surface area contributed by atoms with Gasteiger partial charge in [-0.2, -0.15) is 0 Å². The standard InChI is InChI=1S/C11H14O5S/c1-6(12)9-3-7(5-17-9)11(15)8(13)4-10(14)16-2/h3,5,8,11,13,15H,4H2,1-2H3. The first kappa shape index (κ1) is 13.8. The van der Waals surface area contributed by atoms with Gasteiger partial charge in [-0.1, -0.05) is 0 Å². The zero-order chi connectivity index (χ0) is 13.0. The minimum atomic E-state index is -1.24. The first-order valence-corrected chi connectivity index (χ1v) is 5.86. The molecule has 1 rings (SSSR count). The van der Waals surface area contributed by atoms with Crippen LogP contribution in [0.4, 0.5) is 0 Å². The Morgan fingerprint density at radius 1 is 1.47 bits per heavy atom. The number of hydrogen-bond donors (Lipinski definition) is 2. The fourth-order valence-electron chi connectivity index (χ4n) is 1.28. The SMILES string of the molecule is COC(=O)CC(O)C(O)c1csc(C(C)=O)c1. The molecule has 0 fully saturated rings. The Balaban J connectivity index is 2.70. The van der Waals surface area contributed by atoms with E-state index in [1.807, 2.05) is 0 Å². The van der Waals surface area contributed by atoms with Crippen LogP contribution < -0.4 is 0 Å². The topological polar surface area (TPSA) is 83.8 Å². The maximum absolute atomic E-state index is 11.1. The smallest absolute Gasteiger partial charge is 0.308 e. The van der Waals surface area contributed by atoms with Crippen LogP contribution in [0.1, 0.15) is 34.7 Å². The summed E-state index contributed by atoms with van der Waals surface area (Å²) in [6.07, 6.45) is -2.72. The summed E-state index contributed by atoms with van der Waals surface area (Å²) in [6, 6.07) is 1.51. The van der Waals surface area contributed by atoms with Crippen molar-refractivity contribution < 1.29 is 24.5 Å². The van der Waals surface area contributed by atoms with E-state index in [-0.39, 0.29) is 12.2 Å². The molecule has 0 aromatic carbocycles. The van der Waals surface area contributed by atoms with Crippen LogP contribution in [0, 0.1) is 0 Å². The van der Waals surface area contributed by atoms with Crippen molar-refractivity contribution >= 4 is 23.1 Å². The van der Waals surface area contributed by atoms with Crippen molar-refractivity contribution in [3.05, 3.63) is 21.9 Å². The van der Waals surface area contributed by atoms with Gasteiger partial charge in [0.05, 0.1) is 24.5 Å². The van der Waals surface area contributed by atoms with E-state index in [1.54, 1.807) is 5.38 Å². The maximum Gasteiger partial charge on any atom is 0.308 e. The second kappa shape index (κ2) is 5.90. The molecule has 0 bridgehead atoms. The van der Waals surface area contributed by atoms with Gasteiger partial charge in [-0.05, 0) is 23.9 Å². The zero-order valence-corrected chi connectivity index (χ0v) is 10.4. The normalized spacial score (nSPS) is 14.1. The van der Waals surface area contributed by atoms with Crippen molar-refractivity contribution in [3.8, 4) is 0 Å². The molecule has 0 saturated carbocycles. The number of hydrogen-bond acceptors (Lipinski definition) is 6. The number of rotatable bonds is 5. The lowest BCUT2D eigenvalue weighted by molar-refractivity contribution is -0.144. The van der Waals surface area contributed by atoms with Crippen molar-refractivity contribution in [1.82, 2.24) is 0 Å². The van der Waals surface area contributed by atoms with Gasteiger partial charge in [-0.3, -0.25) is 9.59 Å². The fraction of sp³-hybridized carbons (Fsp3) is 0.455. The van der Waals surface area contributed by atoms with E-state index in [2.05, 4.69) is 4.74 Å². The summed E-state index contributed by atoms with van der Waals surface area (Å²) in [7, 11) is 1.21. The Bertz CT molecular complexity index is 412. The maximum atomic E-state index is 11.1. The summed E-state index contributed by atoms with van der Waals surface area (Å²) in [6.45, 7) is 1.42. The number of Topliss-reactive ketones (excluding diaryl/α,β-unsaturated/α-hetero) is 1. The molecule has 0 amide bonds. The second-order valence-electron chi connectivity index (χ2n) is 3.59. The van der Waals surface area contributed by atoms with Gasteiger partial charge in [0.1, 0.15) is 6.10 Å². The van der Waals surface area contributed by atoms with Crippen molar-refractivity contribution in [1.29, 1.82) is 0 Å². The number of methoxy groups -OCH3 is 1. The molecule has 0 saturated heterocycles. The lowest BCUT2D eigenvalue weighted by Gasteiger charge is -2.15. The Hall–Kier alpha value is -1.24. The molecule has 2 N–H and O–H groups in total. The van der Waals surface area contributed by atoms with Crippen molar-refractivity contribution in [3.63, 3.8) is 0 Å². The molecular weight excluding hydrogens is 244 g/mol. The fourth-order valence-corrected chi connectivity index (χ4v) is 2.12. The summed E-state index contributed by atoms with van der Waals surface area (Å²) in [5.41, 5.74) is 0.427. The van der Waals surface area contributed by atoms with Gasteiger partial charge in [0.15, 0.2) is 5.78 Å². The first-order valence-electron chi connectivity index (χ1n) is 4.98. The van der Waals surface area contributed by atoms with Crippen LogP contribution in [0.5, 0.6) is 0 Å². The third-order valence-corrected chi connectivity index (χ3v) is 3.33. The second-order valence-corrected chi connectivity index (χ2v) is 4.50. The highest BCUT2D eigenvalue weighted by Gasteiger charge is 2.23. The predicted molar refractivity (Wildman–Crippen MR) is 61.9 cm³/mol. The van der Waals surface area contributed by atoms with E-state index >= 15 is 0 Å². The number of carbonyl (C=O) groups excluding carboxylic acids is 2. The van der Waals surface area contributed by atoms with E-state index in [0.717, 1.165) is 0 Å². The molecule has 1 heterocycles. The van der Waals surface area contributed by atoms with E-state index in [0.29, 0.717) is 10.4 Å². The van der Waals surface area contributed by atoms with E-state index in [9.17, 15) is 19.8 Å². The monoisotopic (exact) mass is 258 g/mol. The van der Waals surface area contributed by atoms with Crippen LogP contribution in [0.2, 0.25) is 0 Å². The first-order chi connectivity index (χ1) is 7.95. The summed E-state index contributed by atoms with van der Waals surface area (Å²) in [4.78, 5) is 22.5. The van der Waals surface area contributed by atoms with Gasteiger partial charge < -0.3 is 14.9 Å². The minimum absolute atomic E-state index is 0.101. The van der Waals surface area contributed by atoms with Crippen LogP contribution in [0.15, 0.2) is 11.4 Å². The third-order valence-electron chi connectivity index (χ3n) is 2.28. The Labute approximate surface area is 103 Å². The van der Waals surface area contributed by atoms with Gasteiger partial charge in [0.25, 0.3) is 0 Å². The number of thiophene rings is 1. The van der Waals surface area contributed by atoms with Gasteiger partial charge in [0, 0.05) is 0 Å². The molecular formula is C11H14O5S. The highest BCUT2D eigenvalue weighted by Crippen LogP contribution is 2.25. The van der Waals surface area contributed by atoms with Crippen molar-refractivity contribution in [2.45, 2.75) is 25.6 Å². The zero-order valence-electron chi connectivity index (χ0n) is 9.54. The molecule has 94 valence electrons. The molecule has 0 aliphatic carbocycles. The third kappa shape index (κ3) is 3.62. The number of aliphatic hydroxyl groups is 2. The van der Waals surface area contributed by atoms with Gasteiger partial charge in [-0.15, -0.1) is 11.3 Å². The Morgan fingerprint density at radius 2 is 2.12 bits per heavy atom. The quantitative estimate of drug-likeness (QED) is 0.605. The van der Waals surface area contributed by atoms with Gasteiger partial charge >= 0.3 is 5.97 Å². The molecule has 1 aromatic rings. The van der Waals surface area contributed by atoms with Crippen LogP contribution >= 0.6 is 11.3 Å². The molecule has 2 atom stereocenters. The van der Waals surface area contributed by atoms with Crippen LogP contribution in [-0.2, 0) is 9.53 Å². The summed E-state index contributed by atoms with van der Waals surface area (Å²) >= 11 is 1.19. The van der Waals surface area contributed by atoms with E-state index in [4.69, 9.17) is 0 Å². The largest absolute Gasteiger partial charge is 0.469 e. The molecule has 0 aliphatic heterocycles. The average molecular weight is 258 g/mol. The van der Waals surface area contributed by atoms with Crippen LogP contribution in [0.3, 0.4) is 0 Å². The van der Waals surface area contributed by atoms with Gasteiger partial charge in [0.2, 0.25) is 0 Å². The molecule has 6 heteroatoms. The number of carbonyl (C=O) groups is 2. The number of ketones is 1. The minimum Gasteiger partial charge on any atom is -0.469 e. The van der Waals surface area contributed by atoms with E-state index < -0.39 is 18.2 Å². The lowest BCUT2D eigenvalue weighted by atomic mass is 10.0. The molecule has 2 unspecified atom stereocenters. The summed E-state index contributed by atoms with van der Waals surface area (Å²) in [5, 5.41) is 20.9. The van der Waals surface area contributed by atoms with Crippen molar-refractivity contribution in [2.75, 3.05) is 7.11 Å². The number of esters is 1.